The predicted octanol–water partition coefficient (Wildman–Crippen LogP) is 3.39. The van der Waals surface area contributed by atoms with Crippen molar-refractivity contribution in [2.75, 3.05) is 51.7 Å². The maximum Gasteiger partial charge on any atom is 0.416 e. The third-order valence-corrected chi connectivity index (χ3v) is 6.64. The molecule has 1 amide bonds. The molecule has 1 N–H and O–H groups in total. The van der Waals surface area contributed by atoms with Crippen molar-refractivity contribution in [3.8, 4) is 0 Å². The normalized spacial score (nSPS) is 20.7. The van der Waals surface area contributed by atoms with Gasteiger partial charge in [-0.25, -0.2) is 4.39 Å². The van der Waals surface area contributed by atoms with Gasteiger partial charge in [0.05, 0.1) is 17.5 Å². The van der Waals surface area contributed by atoms with Crippen LogP contribution in [0.3, 0.4) is 0 Å². The van der Waals surface area contributed by atoms with Gasteiger partial charge in [0.2, 0.25) is 5.91 Å². The molecule has 5 nitrogen and oxygen atoms in total. The van der Waals surface area contributed by atoms with E-state index in [1.807, 2.05) is 19.0 Å². The molecule has 2 heterocycles. The van der Waals surface area contributed by atoms with Crippen molar-refractivity contribution in [2.45, 2.75) is 25.2 Å². The van der Waals surface area contributed by atoms with Gasteiger partial charge in [-0.2, -0.15) is 13.2 Å². The second kappa shape index (κ2) is 9.92. The maximum absolute atomic E-state index is 13.3. The van der Waals surface area contributed by atoms with Crippen molar-refractivity contribution in [1.29, 1.82) is 0 Å². The molecule has 34 heavy (non-hydrogen) atoms. The first kappa shape index (κ1) is 24.5. The highest BCUT2D eigenvalue weighted by molar-refractivity contribution is 5.82. The summed E-state index contributed by atoms with van der Waals surface area (Å²) in [4.78, 5) is 19.5. The van der Waals surface area contributed by atoms with E-state index in [-0.39, 0.29) is 24.2 Å². The molecule has 2 aromatic rings. The fourth-order valence-corrected chi connectivity index (χ4v) is 4.88. The van der Waals surface area contributed by atoms with E-state index in [9.17, 15) is 22.4 Å². The van der Waals surface area contributed by atoms with Crippen molar-refractivity contribution < 1.29 is 22.4 Å². The lowest BCUT2D eigenvalue weighted by atomic mass is 9.82. The molecule has 184 valence electrons. The van der Waals surface area contributed by atoms with Crippen molar-refractivity contribution in [3.63, 3.8) is 0 Å². The topological polar surface area (TPSA) is 38.8 Å². The average Bonchev–Trinajstić information content (AvgIpc) is 2.78. The number of benzene rings is 2. The van der Waals surface area contributed by atoms with Gasteiger partial charge in [0.25, 0.3) is 0 Å². The van der Waals surface area contributed by atoms with Crippen molar-refractivity contribution in [2.24, 2.45) is 5.92 Å². The molecular weight excluding hydrogens is 448 g/mol. The Morgan fingerprint density at radius 3 is 2.53 bits per heavy atom. The third-order valence-electron chi connectivity index (χ3n) is 6.64. The molecule has 2 atom stereocenters. The Morgan fingerprint density at radius 1 is 1.12 bits per heavy atom. The number of likely N-dealkylation sites (N-methyl/N-ethyl adjacent to an activating group) is 1. The van der Waals surface area contributed by atoms with E-state index < -0.39 is 17.7 Å². The highest BCUT2D eigenvalue weighted by Gasteiger charge is 2.42. The van der Waals surface area contributed by atoms with E-state index in [2.05, 4.69) is 15.1 Å². The SMILES string of the molecule is CN(C)CCNC(=O)[C@H]1Cc2cc(C(F)(F)F)ccc2N2CCN(Cc3ccc(F)cc3)C[C@H]12. The standard InChI is InChI=1S/C25H30F4N4O/c1-31(2)10-9-30-24(34)21-14-18-13-19(25(27,28)29)5-8-22(18)33-12-11-32(16-23(21)33)15-17-3-6-20(26)7-4-17/h3-8,13,21,23H,9-12,14-16H2,1-2H3,(H,30,34)/t21-,23+/m0/s1. The molecule has 0 unspecified atom stereocenters. The average molecular weight is 479 g/mol. The summed E-state index contributed by atoms with van der Waals surface area (Å²) in [7, 11) is 3.83. The van der Waals surface area contributed by atoms with Gasteiger partial charge < -0.3 is 15.1 Å². The summed E-state index contributed by atoms with van der Waals surface area (Å²) in [6.45, 7) is 3.68. The molecule has 2 aliphatic rings. The smallest absolute Gasteiger partial charge is 0.365 e. The molecular formula is C25H30F4N4O. The molecule has 0 aromatic heterocycles. The minimum absolute atomic E-state index is 0.136. The first-order chi connectivity index (χ1) is 16.1. The second-order valence-corrected chi connectivity index (χ2v) is 9.37. The lowest BCUT2D eigenvalue weighted by Crippen LogP contribution is -2.61. The zero-order valence-corrected chi connectivity index (χ0v) is 19.4. The molecule has 1 saturated heterocycles. The molecule has 0 radical (unpaired) electrons. The zero-order valence-electron chi connectivity index (χ0n) is 19.4. The Hall–Kier alpha value is -2.65. The zero-order chi connectivity index (χ0) is 24.5. The van der Waals surface area contributed by atoms with E-state index in [0.29, 0.717) is 44.8 Å². The lowest BCUT2D eigenvalue weighted by molar-refractivity contribution is -0.137. The molecule has 0 saturated carbocycles. The Labute approximate surface area is 197 Å². The van der Waals surface area contributed by atoms with Gasteiger partial charge in [0.15, 0.2) is 0 Å². The van der Waals surface area contributed by atoms with Crippen LogP contribution in [-0.2, 0) is 23.9 Å². The highest BCUT2D eigenvalue weighted by atomic mass is 19.4. The van der Waals surface area contributed by atoms with Gasteiger partial charge in [-0.3, -0.25) is 9.69 Å². The number of nitrogens with one attached hydrogen (secondary N) is 1. The van der Waals surface area contributed by atoms with Gasteiger partial charge in [-0.15, -0.1) is 0 Å². The molecule has 2 aliphatic heterocycles. The van der Waals surface area contributed by atoms with Gasteiger partial charge in [-0.1, -0.05) is 12.1 Å². The summed E-state index contributed by atoms with van der Waals surface area (Å²) >= 11 is 0. The Balaban J connectivity index is 1.58. The number of rotatable bonds is 6. The van der Waals surface area contributed by atoms with Crippen LogP contribution >= 0.6 is 0 Å². The molecule has 0 spiro atoms. The van der Waals surface area contributed by atoms with Gasteiger partial charge in [0.1, 0.15) is 5.82 Å². The number of fused-ring (bicyclic) bond motifs is 3. The second-order valence-electron chi connectivity index (χ2n) is 9.37. The number of hydrogen-bond donors (Lipinski definition) is 1. The van der Waals surface area contributed by atoms with Crippen LogP contribution in [0, 0.1) is 11.7 Å². The number of carbonyl (C=O) groups is 1. The summed E-state index contributed by atoms with van der Waals surface area (Å²) in [5.74, 6) is -0.886. The van der Waals surface area contributed by atoms with Crippen LogP contribution in [0.5, 0.6) is 0 Å². The third kappa shape index (κ3) is 5.52. The number of alkyl halides is 3. The van der Waals surface area contributed by atoms with Crippen LogP contribution in [0.25, 0.3) is 0 Å². The molecule has 0 bridgehead atoms. The summed E-state index contributed by atoms with van der Waals surface area (Å²) in [6, 6.07) is 10.1. The van der Waals surface area contributed by atoms with Gasteiger partial charge in [-0.05, 0) is 62.0 Å². The van der Waals surface area contributed by atoms with Crippen LogP contribution in [0.15, 0.2) is 42.5 Å². The number of piperazine rings is 1. The van der Waals surface area contributed by atoms with Crippen LogP contribution in [0.4, 0.5) is 23.2 Å². The van der Waals surface area contributed by atoms with Crippen molar-refractivity contribution in [1.82, 2.24) is 15.1 Å². The number of nitrogens with zero attached hydrogens (tertiary/aromatic N) is 3. The molecule has 9 heteroatoms. The van der Waals surface area contributed by atoms with E-state index in [1.165, 1.54) is 18.2 Å². The largest absolute Gasteiger partial charge is 0.416 e. The van der Waals surface area contributed by atoms with Crippen LogP contribution in [0.2, 0.25) is 0 Å². The number of hydrogen-bond acceptors (Lipinski definition) is 4. The first-order valence-corrected chi connectivity index (χ1v) is 11.5. The minimum atomic E-state index is -4.43. The van der Waals surface area contributed by atoms with Crippen LogP contribution in [-0.4, -0.2) is 68.6 Å². The summed E-state index contributed by atoms with van der Waals surface area (Å²) < 4.78 is 53.3. The predicted molar refractivity (Wildman–Crippen MR) is 123 cm³/mol. The summed E-state index contributed by atoms with van der Waals surface area (Å²) in [5.41, 5.74) is 1.63. The number of amides is 1. The van der Waals surface area contributed by atoms with E-state index in [1.54, 1.807) is 18.2 Å². The molecule has 4 rings (SSSR count). The van der Waals surface area contributed by atoms with Crippen LogP contribution in [0.1, 0.15) is 16.7 Å². The summed E-state index contributed by atoms with van der Waals surface area (Å²) in [5, 5.41) is 2.97. The minimum Gasteiger partial charge on any atom is -0.365 e. The van der Waals surface area contributed by atoms with Crippen molar-refractivity contribution >= 4 is 11.6 Å². The molecule has 1 fully saturated rings. The Morgan fingerprint density at radius 2 is 1.85 bits per heavy atom. The Kier molecular flexibility index (Phi) is 7.14. The monoisotopic (exact) mass is 478 g/mol. The van der Waals surface area contributed by atoms with Gasteiger partial charge in [0, 0.05) is 45.0 Å². The Bertz CT molecular complexity index is 1010. The van der Waals surface area contributed by atoms with E-state index in [4.69, 9.17) is 0 Å². The number of anilines is 1. The van der Waals surface area contributed by atoms with Gasteiger partial charge >= 0.3 is 6.18 Å². The lowest BCUT2D eigenvalue weighted by Gasteiger charge is -2.49. The first-order valence-electron chi connectivity index (χ1n) is 11.5. The number of halogens is 4. The van der Waals surface area contributed by atoms with E-state index in [0.717, 1.165) is 17.3 Å². The maximum atomic E-state index is 13.3. The van der Waals surface area contributed by atoms with Crippen LogP contribution < -0.4 is 10.2 Å². The fourth-order valence-electron chi connectivity index (χ4n) is 4.88. The number of carbonyl (C=O) groups excluding carboxylic acids is 1. The molecule has 0 aliphatic carbocycles. The highest BCUT2D eigenvalue weighted by Crippen LogP contribution is 2.39. The quantitative estimate of drug-likeness (QED) is 0.647. The molecule has 2 aromatic carbocycles. The summed E-state index contributed by atoms with van der Waals surface area (Å²) in [6.07, 6.45) is -4.16. The van der Waals surface area contributed by atoms with Crippen molar-refractivity contribution in [3.05, 3.63) is 65.0 Å². The fraction of sp³-hybridized carbons (Fsp3) is 0.480. The van der Waals surface area contributed by atoms with E-state index >= 15 is 0 Å².